The first-order valence-electron chi connectivity index (χ1n) is 7.83. The molecule has 0 aromatic carbocycles. The van der Waals surface area contributed by atoms with Crippen molar-refractivity contribution >= 4 is 0 Å². The molecule has 3 heteroatoms. The van der Waals surface area contributed by atoms with Gasteiger partial charge in [-0.25, -0.2) is 0 Å². The molecule has 1 heterocycles. The summed E-state index contributed by atoms with van der Waals surface area (Å²) in [6.45, 7) is 5.52. The Morgan fingerprint density at radius 3 is 2.61 bits per heavy atom. The Morgan fingerprint density at radius 1 is 1.22 bits per heavy atom. The van der Waals surface area contributed by atoms with Crippen molar-refractivity contribution in [2.24, 2.45) is 17.6 Å². The molecule has 2 rings (SSSR count). The van der Waals surface area contributed by atoms with Gasteiger partial charge >= 0.3 is 0 Å². The third-order valence-corrected chi connectivity index (χ3v) is 4.71. The van der Waals surface area contributed by atoms with Gasteiger partial charge in [0, 0.05) is 25.7 Å². The molecular formula is C15H30N2O. The standard InChI is InChI=1S/C15H30N2O/c1-2-15(18)8-13-7-14(16)11-17(10-13)9-12-5-3-4-6-12/h12-15,18H,2-11,16H2,1H3. The van der Waals surface area contributed by atoms with E-state index >= 15 is 0 Å². The summed E-state index contributed by atoms with van der Waals surface area (Å²) in [4.78, 5) is 2.57. The van der Waals surface area contributed by atoms with Crippen LogP contribution < -0.4 is 5.73 Å². The number of nitrogens with two attached hydrogens (primary N) is 1. The summed E-state index contributed by atoms with van der Waals surface area (Å²) in [5.74, 6) is 1.51. The Kier molecular flexibility index (Phi) is 5.46. The quantitative estimate of drug-likeness (QED) is 0.789. The van der Waals surface area contributed by atoms with Crippen molar-refractivity contribution in [3.63, 3.8) is 0 Å². The van der Waals surface area contributed by atoms with Crippen molar-refractivity contribution in [3.8, 4) is 0 Å². The highest BCUT2D eigenvalue weighted by molar-refractivity contribution is 4.84. The molecule has 1 saturated carbocycles. The molecule has 0 spiro atoms. The van der Waals surface area contributed by atoms with Crippen LogP contribution in [-0.4, -0.2) is 41.8 Å². The van der Waals surface area contributed by atoms with Crippen LogP contribution in [0.5, 0.6) is 0 Å². The lowest BCUT2D eigenvalue weighted by Crippen LogP contribution is -2.48. The summed E-state index contributed by atoms with van der Waals surface area (Å²) in [6, 6.07) is 0.314. The zero-order chi connectivity index (χ0) is 13.0. The van der Waals surface area contributed by atoms with Gasteiger partial charge in [0.1, 0.15) is 0 Å². The Balaban J connectivity index is 1.79. The number of hydrogen-bond acceptors (Lipinski definition) is 3. The van der Waals surface area contributed by atoms with Gasteiger partial charge < -0.3 is 15.7 Å². The molecule has 1 aliphatic heterocycles. The van der Waals surface area contributed by atoms with E-state index in [-0.39, 0.29) is 6.10 Å². The van der Waals surface area contributed by atoms with Crippen LogP contribution >= 0.6 is 0 Å². The number of aliphatic hydroxyl groups excluding tert-OH is 1. The van der Waals surface area contributed by atoms with E-state index < -0.39 is 0 Å². The van der Waals surface area contributed by atoms with Gasteiger partial charge in [0.2, 0.25) is 0 Å². The predicted molar refractivity (Wildman–Crippen MR) is 75.4 cm³/mol. The van der Waals surface area contributed by atoms with Gasteiger partial charge in [0.25, 0.3) is 0 Å². The molecule has 0 radical (unpaired) electrons. The summed E-state index contributed by atoms with van der Waals surface area (Å²) >= 11 is 0. The number of piperidine rings is 1. The van der Waals surface area contributed by atoms with Crippen LogP contribution in [0.3, 0.4) is 0 Å². The molecule has 1 saturated heterocycles. The third kappa shape index (κ3) is 4.22. The molecule has 0 aromatic rings. The van der Waals surface area contributed by atoms with Gasteiger partial charge in [0.05, 0.1) is 6.10 Å². The average Bonchev–Trinajstić information content (AvgIpc) is 2.80. The summed E-state index contributed by atoms with van der Waals surface area (Å²) in [6.07, 6.45) is 8.43. The van der Waals surface area contributed by atoms with Gasteiger partial charge in [-0.3, -0.25) is 0 Å². The molecule has 2 fully saturated rings. The van der Waals surface area contributed by atoms with Crippen LogP contribution in [0.15, 0.2) is 0 Å². The van der Waals surface area contributed by atoms with E-state index in [4.69, 9.17) is 5.73 Å². The second-order valence-electron chi connectivity index (χ2n) is 6.53. The molecule has 3 N–H and O–H groups in total. The summed E-state index contributed by atoms with van der Waals surface area (Å²) in [5.41, 5.74) is 6.18. The van der Waals surface area contributed by atoms with E-state index in [9.17, 15) is 5.11 Å². The molecule has 18 heavy (non-hydrogen) atoms. The van der Waals surface area contributed by atoms with Crippen molar-refractivity contribution in [2.75, 3.05) is 19.6 Å². The zero-order valence-electron chi connectivity index (χ0n) is 11.9. The first-order valence-corrected chi connectivity index (χ1v) is 7.83. The number of nitrogens with zero attached hydrogens (tertiary/aromatic N) is 1. The van der Waals surface area contributed by atoms with Crippen LogP contribution in [0.2, 0.25) is 0 Å². The molecule has 0 amide bonds. The first-order chi connectivity index (χ1) is 8.67. The second kappa shape index (κ2) is 6.88. The molecule has 0 bridgehead atoms. The molecule has 3 atom stereocenters. The highest BCUT2D eigenvalue weighted by atomic mass is 16.3. The van der Waals surface area contributed by atoms with Crippen molar-refractivity contribution < 1.29 is 5.11 Å². The summed E-state index contributed by atoms with van der Waals surface area (Å²) < 4.78 is 0. The Bertz CT molecular complexity index is 241. The predicted octanol–water partition coefficient (Wildman–Crippen LogP) is 1.99. The number of aliphatic hydroxyl groups is 1. The highest BCUT2D eigenvalue weighted by Gasteiger charge is 2.28. The molecule has 3 unspecified atom stereocenters. The normalized spacial score (nSPS) is 32.8. The fourth-order valence-electron chi connectivity index (χ4n) is 3.78. The Hall–Kier alpha value is -0.120. The third-order valence-electron chi connectivity index (χ3n) is 4.71. The zero-order valence-corrected chi connectivity index (χ0v) is 11.9. The molecular weight excluding hydrogens is 224 g/mol. The minimum absolute atomic E-state index is 0.131. The highest BCUT2D eigenvalue weighted by Crippen LogP contribution is 2.28. The van der Waals surface area contributed by atoms with E-state index in [1.807, 2.05) is 0 Å². The largest absolute Gasteiger partial charge is 0.393 e. The summed E-state index contributed by atoms with van der Waals surface area (Å²) in [7, 11) is 0. The molecule has 3 nitrogen and oxygen atoms in total. The van der Waals surface area contributed by atoms with Gasteiger partial charge in [-0.05, 0) is 43.9 Å². The minimum Gasteiger partial charge on any atom is -0.393 e. The summed E-state index contributed by atoms with van der Waals surface area (Å²) in [5, 5.41) is 9.81. The fourth-order valence-corrected chi connectivity index (χ4v) is 3.78. The maximum Gasteiger partial charge on any atom is 0.0540 e. The van der Waals surface area contributed by atoms with Gasteiger partial charge in [-0.15, -0.1) is 0 Å². The SMILES string of the molecule is CCC(O)CC1CC(N)CN(CC2CCCC2)C1. The average molecular weight is 254 g/mol. The Labute approximate surface area is 112 Å². The molecule has 106 valence electrons. The van der Waals surface area contributed by atoms with Crippen LogP contribution in [0, 0.1) is 11.8 Å². The van der Waals surface area contributed by atoms with E-state index in [1.165, 1.54) is 32.2 Å². The van der Waals surface area contributed by atoms with E-state index in [2.05, 4.69) is 11.8 Å². The minimum atomic E-state index is -0.131. The fraction of sp³-hybridized carbons (Fsp3) is 1.00. The van der Waals surface area contributed by atoms with Crippen molar-refractivity contribution in [1.82, 2.24) is 4.90 Å². The number of likely N-dealkylation sites (tertiary alicyclic amines) is 1. The molecule has 2 aliphatic rings. The van der Waals surface area contributed by atoms with Crippen LogP contribution in [0.1, 0.15) is 51.9 Å². The van der Waals surface area contributed by atoms with E-state index in [1.54, 1.807) is 0 Å². The number of hydrogen-bond donors (Lipinski definition) is 2. The van der Waals surface area contributed by atoms with Crippen LogP contribution in [0.4, 0.5) is 0 Å². The van der Waals surface area contributed by atoms with Gasteiger partial charge in [-0.2, -0.15) is 0 Å². The topological polar surface area (TPSA) is 49.5 Å². The lowest BCUT2D eigenvalue weighted by atomic mass is 9.88. The second-order valence-corrected chi connectivity index (χ2v) is 6.53. The monoisotopic (exact) mass is 254 g/mol. The number of rotatable bonds is 5. The van der Waals surface area contributed by atoms with Crippen molar-refractivity contribution in [2.45, 2.75) is 64.0 Å². The van der Waals surface area contributed by atoms with Crippen molar-refractivity contribution in [3.05, 3.63) is 0 Å². The first kappa shape index (κ1) is 14.3. The molecule has 1 aliphatic carbocycles. The smallest absolute Gasteiger partial charge is 0.0540 e. The Morgan fingerprint density at radius 2 is 1.94 bits per heavy atom. The van der Waals surface area contributed by atoms with Gasteiger partial charge in [0.15, 0.2) is 0 Å². The van der Waals surface area contributed by atoms with Crippen molar-refractivity contribution in [1.29, 1.82) is 0 Å². The maximum atomic E-state index is 9.81. The van der Waals surface area contributed by atoms with E-state index in [0.29, 0.717) is 12.0 Å². The molecule has 0 aromatic heterocycles. The lowest BCUT2D eigenvalue weighted by Gasteiger charge is -2.38. The van der Waals surface area contributed by atoms with Gasteiger partial charge in [-0.1, -0.05) is 19.8 Å². The van der Waals surface area contributed by atoms with Crippen LogP contribution in [0.25, 0.3) is 0 Å². The lowest BCUT2D eigenvalue weighted by molar-refractivity contribution is 0.0835. The maximum absolute atomic E-state index is 9.81. The van der Waals surface area contributed by atoms with E-state index in [0.717, 1.165) is 38.3 Å². The van der Waals surface area contributed by atoms with Crippen LogP contribution in [-0.2, 0) is 0 Å².